The van der Waals surface area contributed by atoms with Crippen LogP contribution in [0, 0.1) is 12.8 Å². The van der Waals surface area contributed by atoms with Gasteiger partial charge in [-0.2, -0.15) is 0 Å². The van der Waals surface area contributed by atoms with Crippen molar-refractivity contribution in [3.8, 4) is 0 Å². The SMILES string of the molecule is CO[C@@H]1CN(C(C)=O)C[C@H](CC(C)C)N(C(=O)CNCCCn2ccnc2C)CCCCOC[C@@H](O)[C@H]1O. The van der Waals surface area contributed by atoms with Crippen LogP contribution in [0.2, 0.25) is 0 Å². The first kappa shape index (κ1) is 32.2. The van der Waals surface area contributed by atoms with Crippen molar-refractivity contribution < 1.29 is 29.3 Å². The zero-order valence-corrected chi connectivity index (χ0v) is 23.8. The van der Waals surface area contributed by atoms with Crippen LogP contribution in [0.1, 0.15) is 52.3 Å². The van der Waals surface area contributed by atoms with E-state index in [4.69, 9.17) is 9.47 Å². The molecule has 0 unspecified atom stereocenters. The molecule has 1 saturated heterocycles. The van der Waals surface area contributed by atoms with Gasteiger partial charge in [0.1, 0.15) is 24.1 Å². The van der Waals surface area contributed by atoms with Crippen LogP contribution in [0.15, 0.2) is 12.4 Å². The van der Waals surface area contributed by atoms with Crippen molar-refractivity contribution in [2.45, 2.75) is 84.3 Å². The Hall–Kier alpha value is -2.05. The number of hydrogen-bond donors (Lipinski definition) is 3. The fraction of sp³-hybridized carbons (Fsp3) is 0.815. The maximum atomic E-state index is 13.5. The van der Waals surface area contributed by atoms with Gasteiger partial charge in [-0.05, 0) is 45.1 Å². The molecule has 0 radical (unpaired) electrons. The van der Waals surface area contributed by atoms with Crippen molar-refractivity contribution in [2.75, 3.05) is 53.0 Å². The molecule has 1 aromatic heterocycles. The summed E-state index contributed by atoms with van der Waals surface area (Å²) in [7, 11) is 1.45. The first-order chi connectivity index (χ1) is 18.1. The molecule has 2 heterocycles. The van der Waals surface area contributed by atoms with Gasteiger partial charge in [-0.15, -0.1) is 0 Å². The van der Waals surface area contributed by atoms with Gasteiger partial charge in [0.25, 0.3) is 0 Å². The Labute approximate surface area is 227 Å². The Morgan fingerprint density at radius 2 is 2.03 bits per heavy atom. The lowest BCUT2D eigenvalue weighted by Gasteiger charge is -2.38. The van der Waals surface area contributed by atoms with Gasteiger partial charge in [-0.1, -0.05) is 13.8 Å². The number of aryl methyl sites for hydroxylation is 2. The molecule has 2 amide bonds. The maximum Gasteiger partial charge on any atom is 0.236 e. The minimum Gasteiger partial charge on any atom is -0.388 e. The van der Waals surface area contributed by atoms with Crippen LogP contribution in [0.4, 0.5) is 0 Å². The zero-order chi connectivity index (χ0) is 28.1. The number of hydrogen-bond acceptors (Lipinski definition) is 8. The number of nitrogens with one attached hydrogen (secondary N) is 1. The molecule has 0 saturated carbocycles. The third-order valence-electron chi connectivity index (χ3n) is 7.04. The van der Waals surface area contributed by atoms with Crippen molar-refractivity contribution in [3.05, 3.63) is 18.2 Å². The Morgan fingerprint density at radius 1 is 1.26 bits per heavy atom. The third kappa shape index (κ3) is 10.6. The second-order valence-electron chi connectivity index (χ2n) is 10.6. The molecule has 4 atom stereocenters. The van der Waals surface area contributed by atoms with Gasteiger partial charge in [-0.25, -0.2) is 4.98 Å². The second kappa shape index (κ2) is 16.8. The van der Waals surface area contributed by atoms with Gasteiger partial charge in [0.15, 0.2) is 0 Å². The van der Waals surface area contributed by atoms with E-state index in [0.29, 0.717) is 38.6 Å². The Balaban J connectivity index is 2.13. The van der Waals surface area contributed by atoms with E-state index in [2.05, 4.69) is 28.7 Å². The summed E-state index contributed by atoms with van der Waals surface area (Å²) in [6, 6.07) is -0.190. The Bertz CT molecular complexity index is 835. The molecule has 1 aliphatic heterocycles. The summed E-state index contributed by atoms with van der Waals surface area (Å²) in [5, 5.41) is 24.3. The molecule has 1 fully saturated rings. The number of aliphatic hydroxyl groups is 2. The number of carbonyl (C=O) groups excluding carboxylic acids is 2. The van der Waals surface area contributed by atoms with E-state index in [1.165, 1.54) is 14.0 Å². The van der Waals surface area contributed by atoms with E-state index in [1.54, 1.807) is 11.1 Å². The monoisotopic (exact) mass is 539 g/mol. The van der Waals surface area contributed by atoms with Gasteiger partial charge >= 0.3 is 0 Å². The summed E-state index contributed by atoms with van der Waals surface area (Å²) in [6.07, 6.45) is 3.68. The molecule has 0 spiro atoms. The van der Waals surface area contributed by atoms with Crippen LogP contribution in [-0.4, -0.2) is 119 Å². The molecular weight excluding hydrogens is 490 g/mol. The topological polar surface area (TPSA) is 129 Å². The van der Waals surface area contributed by atoms with E-state index in [1.807, 2.05) is 18.0 Å². The van der Waals surface area contributed by atoms with Gasteiger partial charge < -0.3 is 39.4 Å². The molecule has 0 bridgehead atoms. The quantitative estimate of drug-likeness (QED) is 0.393. The van der Waals surface area contributed by atoms with Crippen molar-refractivity contribution in [3.63, 3.8) is 0 Å². The second-order valence-corrected chi connectivity index (χ2v) is 10.6. The summed E-state index contributed by atoms with van der Waals surface area (Å²) in [4.78, 5) is 33.9. The van der Waals surface area contributed by atoms with Crippen molar-refractivity contribution in [2.24, 2.45) is 5.92 Å². The smallest absolute Gasteiger partial charge is 0.236 e. The summed E-state index contributed by atoms with van der Waals surface area (Å²) in [6.45, 7) is 10.8. The van der Waals surface area contributed by atoms with Crippen LogP contribution in [0.5, 0.6) is 0 Å². The molecule has 1 aromatic rings. The standard InChI is InChI=1S/C27H49N5O6/c1-20(2)15-23-17-31(22(4)33)18-25(37-5)27(36)24(34)19-38-14-7-6-12-32(23)26(35)16-28-9-8-11-30-13-10-29-21(30)3/h10,13,20,23-25,27-28,34,36H,6-9,11-12,14-19H2,1-5H3/t23-,24+,25+,27+/m0/s1. The molecule has 11 heteroatoms. The normalized spacial score (nSPS) is 24.4. The minimum atomic E-state index is -1.21. The number of rotatable bonds is 9. The summed E-state index contributed by atoms with van der Waals surface area (Å²) < 4.78 is 13.1. The van der Waals surface area contributed by atoms with Gasteiger partial charge in [0.2, 0.25) is 11.8 Å². The number of ether oxygens (including phenoxy) is 2. The largest absolute Gasteiger partial charge is 0.388 e. The van der Waals surface area contributed by atoms with Crippen LogP contribution in [0.3, 0.4) is 0 Å². The average molecular weight is 540 g/mol. The minimum absolute atomic E-state index is 0.00437. The van der Waals surface area contributed by atoms with Gasteiger partial charge in [-0.3, -0.25) is 9.59 Å². The maximum absolute atomic E-state index is 13.5. The van der Waals surface area contributed by atoms with E-state index in [0.717, 1.165) is 31.6 Å². The van der Waals surface area contributed by atoms with Crippen molar-refractivity contribution in [1.82, 2.24) is 24.7 Å². The van der Waals surface area contributed by atoms with Gasteiger partial charge in [0, 0.05) is 65.3 Å². The fourth-order valence-electron chi connectivity index (χ4n) is 4.83. The molecule has 0 aromatic carbocycles. The Morgan fingerprint density at radius 3 is 2.66 bits per heavy atom. The lowest BCUT2D eigenvalue weighted by molar-refractivity contribution is -0.142. The van der Waals surface area contributed by atoms with Crippen LogP contribution in [-0.2, 0) is 25.6 Å². The molecule has 2 rings (SSSR count). The summed E-state index contributed by atoms with van der Waals surface area (Å²) in [5.74, 6) is 1.11. The van der Waals surface area contributed by atoms with Crippen molar-refractivity contribution >= 4 is 11.8 Å². The molecule has 1 aliphatic rings. The lowest BCUT2D eigenvalue weighted by Crippen LogP contribution is -2.54. The van der Waals surface area contributed by atoms with Crippen LogP contribution < -0.4 is 5.32 Å². The Kier molecular flexibility index (Phi) is 14.2. The zero-order valence-electron chi connectivity index (χ0n) is 23.8. The number of methoxy groups -OCH3 is 1. The van der Waals surface area contributed by atoms with E-state index < -0.39 is 18.3 Å². The third-order valence-corrected chi connectivity index (χ3v) is 7.04. The highest BCUT2D eigenvalue weighted by molar-refractivity contribution is 5.79. The first-order valence-corrected chi connectivity index (χ1v) is 13.8. The van der Waals surface area contributed by atoms with Crippen LogP contribution >= 0.6 is 0 Å². The molecule has 218 valence electrons. The number of amides is 2. The van der Waals surface area contributed by atoms with Gasteiger partial charge in [0.05, 0.1) is 13.2 Å². The van der Waals surface area contributed by atoms with E-state index in [9.17, 15) is 19.8 Å². The molecule has 11 nitrogen and oxygen atoms in total. The lowest BCUT2D eigenvalue weighted by atomic mass is 10.00. The number of aromatic nitrogens is 2. The number of imidazole rings is 1. The molecule has 0 aliphatic carbocycles. The highest BCUT2D eigenvalue weighted by atomic mass is 16.5. The summed E-state index contributed by atoms with van der Waals surface area (Å²) in [5.41, 5.74) is 0. The van der Waals surface area contributed by atoms with Crippen LogP contribution in [0.25, 0.3) is 0 Å². The highest BCUT2D eigenvalue weighted by Gasteiger charge is 2.32. The number of aliphatic hydroxyl groups excluding tert-OH is 2. The van der Waals surface area contributed by atoms with Crippen molar-refractivity contribution in [1.29, 1.82) is 0 Å². The fourth-order valence-corrected chi connectivity index (χ4v) is 4.83. The molecular formula is C27H49N5O6. The number of nitrogens with zero attached hydrogens (tertiary/aromatic N) is 4. The summed E-state index contributed by atoms with van der Waals surface area (Å²) >= 11 is 0. The van der Waals surface area contributed by atoms with E-state index >= 15 is 0 Å². The van der Waals surface area contributed by atoms with E-state index in [-0.39, 0.29) is 37.6 Å². The predicted octanol–water partition coefficient (Wildman–Crippen LogP) is 0.810. The number of carbonyl (C=O) groups is 2. The predicted molar refractivity (Wildman–Crippen MR) is 145 cm³/mol. The first-order valence-electron chi connectivity index (χ1n) is 13.8. The molecule has 38 heavy (non-hydrogen) atoms. The average Bonchev–Trinajstić information content (AvgIpc) is 3.28. The highest BCUT2D eigenvalue weighted by Crippen LogP contribution is 2.17. The molecule has 3 N–H and O–H groups in total.